The third-order valence-corrected chi connectivity index (χ3v) is 7.09. The molecule has 0 radical (unpaired) electrons. The van der Waals surface area contributed by atoms with Crippen LogP contribution in [0, 0.1) is 0 Å². The van der Waals surface area contributed by atoms with Crippen molar-refractivity contribution in [2.45, 2.75) is 73.1 Å². The normalized spacial score (nSPS) is 11.2. The Kier molecular flexibility index (Phi) is 13.9. The number of hydrogen-bond acceptors (Lipinski definition) is 2. The SMILES string of the molecule is CCCCCCCC[N+](CC)(CC)c1ccc(C(=O)c2ccc(N(CC)CC)cc2)cc1.[I-]. The summed E-state index contributed by atoms with van der Waals surface area (Å²) >= 11 is 0. The number of nitrogens with zero attached hydrogens (tertiary/aromatic N) is 2. The molecule has 0 bridgehead atoms. The van der Waals surface area contributed by atoms with Gasteiger partial charge < -0.3 is 28.9 Å². The molecule has 2 rings (SSSR count). The third kappa shape index (κ3) is 8.10. The summed E-state index contributed by atoms with van der Waals surface area (Å²) in [6.45, 7) is 16.5. The molecule has 0 aliphatic carbocycles. The highest BCUT2D eigenvalue weighted by atomic mass is 127. The van der Waals surface area contributed by atoms with Crippen LogP contribution in [-0.4, -0.2) is 38.5 Å². The van der Waals surface area contributed by atoms with Gasteiger partial charge in [0.1, 0.15) is 5.69 Å². The number of rotatable bonds is 15. The lowest BCUT2D eigenvalue weighted by Crippen LogP contribution is -3.00. The fraction of sp³-hybridized carbons (Fsp3) is 0.552. The second kappa shape index (κ2) is 15.5. The zero-order valence-electron chi connectivity index (χ0n) is 21.6. The quantitative estimate of drug-likeness (QED) is 0.138. The minimum absolute atomic E-state index is 0. The number of hydrogen-bond donors (Lipinski definition) is 0. The van der Waals surface area contributed by atoms with Crippen molar-refractivity contribution in [1.82, 2.24) is 4.48 Å². The molecule has 0 atom stereocenters. The lowest BCUT2D eigenvalue weighted by Gasteiger charge is -2.36. The molecule has 2 aromatic rings. The summed E-state index contributed by atoms with van der Waals surface area (Å²) in [6, 6.07) is 16.5. The van der Waals surface area contributed by atoms with Crippen LogP contribution in [0.4, 0.5) is 11.4 Å². The van der Waals surface area contributed by atoms with E-state index in [1.165, 1.54) is 56.4 Å². The van der Waals surface area contributed by atoms with E-state index >= 15 is 0 Å². The van der Waals surface area contributed by atoms with Gasteiger partial charge in [-0.15, -0.1) is 0 Å². The maximum Gasteiger partial charge on any atom is 0.193 e. The van der Waals surface area contributed by atoms with Crippen LogP contribution in [0.5, 0.6) is 0 Å². The minimum atomic E-state index is 0. The van der Waals surface area contributed by atoms with Crippen molar-refractivity contribution in [3.8, 4) is 0 Å². The second-order valence-corrected chi connectivity index (χ2v) is 8.86. The first kappa shape index (κ1) is 29.6. The van der Waals surface area contributed by atoms with Crippen LogP contribution >= 0.6 is 0 Å². The van der Waals surface area contributed by atoms with E-state index in [0.29, 0.717) is 0 Å². The highest BCUT2D eigenvalue weighted by molar-refractivity contribution is 6.09. The van der Waals surface area contributed by atoms with Gasteiger partial charge in [0.15, 0.2) is 5.78 Å². The molecule has 33 heavy (non-hydrogen) atoms. The van der Waals surface area contributed by atoms with Crippen LogP contribution in [0.3, 0.4) is 0 Å². The van der Waals surface area contributed by atoms with E-state index in [9.17, 15) is 4.79 Å². The Morgan fingerprint density at radius 2 is 1.18 bits per heavy atom. The van der Waals surface area contributed by atoms with E-state index in [-0.39, 0.29) is 29.8 Å². The predicted molar refractivity (Wildman–Crippen MR) is 141 cm³/mol. The van der Waals surface area contributed by atoms with E-state index in [1.807, 2.05) is 24.3 Å². The molecule has 0 unspecified atom stereocenters. The Morgan fingerprint density at radius 3 is 1.67 bits per heavy atom. The number of halogens is 1. The molecule has 184 valence electrons. The van der Waals surface area contributed by atoms with Gasteiger partial charge in [0.2, 0.25) is 0 Å². The van der Waals surface area contributed by atoms with Crippen molar-refractivity contribution in [1.29, 1.82) is 0 Å². The van der Waals surface area contributed by atoms with Gasteiger partial charge in [0, 0.05) is 29.9 Å². The van der Waals surface area contributed by atoms with E-state index in [2.05, 4.69) is 63.8 Å². The highest BCUT2D eigenvalue weighted by Crippen LogP contribution is 2.26. The van der Waals surface area contributed by atoms with Gasteiger partial charge in [-0.3, -0.25) is 9.28 Å². The average Bonchev–Trinajstić information content (AvgIpc) is 2.85. The Hall–Kier alpha value is -1.40. The summed E-state index contributed by atoms with van der Waals surface area (Å²) in [5, 5.41) is 0. The first-order valence-electron chi connectivity index (χ1n) is 12.9. The van der Waals surface area contributed by atoms with Crippen LogP contribution in [0.1, 0.15) is 89.1 Å². The Labute approximate surface area is 220 Å². The Bertz CT molecular complexity index is 793. The van der Waals surface area contributed by atoms with Gasteiger partial charge in [-0.25, -0.2) is 0 Å². The molecule has 3 nitrogen and oxygen atoms in total. The van der Waals surface area contributed by atoms with Gasteiger partial charge in [0.25, 0.3) is 0 Å². The number of ketones is 1. The summed E-state index contributed by atoms with van der Waals surface area (Å²) in [5.74, 6) is 0.102. The number of anilines is 1. The maximum atomic E-state index is 13.0. The number of carbonyl (C=O) groups is 1. The van der Waals surface area contributed by atoms with Gasteiger partial charge in [-0.1, -0.05) is 32.6 Å². The number of benzene rings is 2. The van der Waals surface area contributed by atoms with Crippen molar-refractivity contribution in [2.24, 2.45) is 0 Å². The van der Waals surface area contributed by atoms with Crippen molar-refractivity contribution >= 4 is 17.2 Å². The number of quaternary nitrogens is 1. The average molecular weight is 565 g/mol. The minimum Gasteiger partial charge on any atom is -1.00 e. The Balaban J connectivity index is 0.00000544. The zero-order valence-corrected chi connectivity index (χ0v) is 23.7. The summed E-state index contributed by atoms with van der Waals surface area (Å²) < 4.78 is 1.00. The number of carbonyl (C=O) groups excluding carboxylic acids is 1. The molecule has 0 saturated carbocycles. The molecular formula is C29H45IN2O. The first-order chi connectivity index (χ1) is 15.5. The van der Waals surface area contributed by atoms with Gasteiger partial charge >= 0.3 is 0 Å². The lowest BCUT2D eigenvalue weighted by molar-refractivity contribution is -0.0000141. The van der Waals surface area contributed by atoms with Crippen LogP contribution in [0.25, 0.3) is 0 Å². The lowest BCUT2D eigenvalue weighted by atomic mass is 10.0. The molecule has 0 saturated heterocycles. The van der Waals surface area contributed by atoms with E-state index in [0.717, 1.165) is 41.8 Å². The predicted octanol–water partition coefficient (Wildman–Crippen LogP) is 4.48. The van der Waals surface area contributed by atoms with Crippen LogP contribution in [0.2, 0.25) is 0 Å². The summed E-state index contributed by atoms with van der Waals surface area (Å²) in [5.41, 5.74) is 4.03. The molecule has 0 fully saturated rings. The molecule has 2 aromatic carbocycles. The maximum absolute atomic E-state index is 13.0. The molecule has 4 heteroatoms. The van der Waals surface area contributed by atoms with Gasteiger partial charge in [-0.2, -0.15) is 0 Å². The molecule has 0 N–H and O–H groups in total. The smallest absolute Gasteiger partial charge is 0.193 e. The molecule has 0 aliphatic heterocycles. The first-order valence-corrected chi connectivity index (χ1v) is 12.9. The molecule has 0 heterocycles. The molecule has 0 spiro atoms. The second-order valence-electron chi connectivity index (χ2n) is 8.86. The van der Waals surface area contributed by atoms with Crippen LogP contribution in [0.15, 0.2) is 48.5 Å². The summed E-state index contributed by atoms with van der Waals surface area (Å²) in [7, 11) is 0. The highest BCUT2D eigenvalue weighted by Gasteiger charge is 2.26. The standard InChI is InChI=1S/C29H45N2O.HI/c1-6-11-12-13-14-15-24-31(9-4,10-5)28-22-18-26(19-23-28)29(32)25-16-20-27(21-17-25)30(7-2)8-3;/h16-23H,6-15,24H2,1-5H3;1H/q+1;/p-1. The molecule has 0 amide bonds. The third-order valence-electron chi connectivity index (χ3n) is 7.09. The van der Waals surface area contributed by atoms with E-state index in [1.54, 1.807) is 0 Å². The summed E-state index contributed by atoms with van der Waals surface area (Å²) in [4.78, 5) is 15.3. The molecular weight excluding hydrogens is 519 g/mol. The van der Waals surface area contributed by atoms with Crippen molar-refractivity contribution < 1.29 is 28.8 Å². The largest absolute Gasteiger partial charge is 1.00 e. The van der Waals surface area contributed by atoms with Crippen molar-refractivity contribution in [3.05, 3.63) is 59.7 Å². The van der Waals surface area contributed by atoms with Crippen LogP contribution in [-0.2, 0) is 0 Å². The molecule has 0 aliphatic rings. The van der Waals surface area contributed by atoms with Crippen molar-refractivity contribution in [2.75, 3.05) is 37.6 Å². The van der Waals surface area contributed by atoms with E-state index in [4.69, 9.17) is 0 Å². The monoisotopic (exact) mass is 564 g/mol. The summed E-state index contributed by atoms with van der Waals surface area (Å²) in [6.07, 6.45) is 7.96. The van der Waals surface area contributed by atoms with Crippen LogP contribution < -0.4 is 33.4 Å². The van der Waals surface area contributed by atoms with E-state index < -0.39 is 0 Å². The fourth-order valence-electron chi connectivity index (χ4n) is 4.74. The molecule has 0 aromatic heterocycles. The number of unbranched alkanes of at least 4 members (excludes halogenated alkanes) is 5. The van der Waals surface area contributed by atoms with Gasteiger partial charge in [0.05, 0.1) is 19.6 Å². The zero-order chi connectivity index (χ0) is 23.4. The Morgan fingerprint density at radius 1 is 0.697 bits per heavy atom. The van der Waals surface area contributed by atoms with Crippen molar-refractivity contribution in [3.63, 3.8) is 0 Å². The topological polar surface area (TPSA) is 20.3 Å². The van der Waals surface area contributed by atoms with Gasteiger partial charge in [-0.05, 0) is 89.1 Å². The fourth-order valence-corrected chi connectivity index (χ4v) is 4.74.